The fourth-order valence-corrected chi connectivity index (χ4v) is 0.802. The van der Waals surface area contributed by atoms with Crippen molar-refractivity contribution in [1.82, 2.24) is 15.0 Å². The van der Waals surface area contributed by atoms with Gasteiger partial charge in [-0.2, -0.15) is 4.98 Å². The summed E-state index contributed by atoms with van der Waals surface area (Å²) in [5, 5.41) is 3.83. The molecule has 0 aromatic carbocycles. The lowest BCUT2D eigenvalue weighted by molar-refractivity contribution is 0.245. The summed E-state index contributed by atoms with van der Waals surface area (Å²) in [7, 11) is 3.97. The highest BCUT2D eigenvalue weighted by Crippen LogP contribution is 2.14. The molecule has 4 nitrogen and oxygen atoms in total. The topological polar surface area (TPSA) is 42.2 Å². The second-order valence-electron chi connectivity index (χ2n) is 3.04. The molecular weight excluding hydrogens is 154 g/mol. The van der Waals surface area contributed by atoms with Gasteiger partial charge >= 0.3 is 0 Å². The molecule has 0 spiro atoms. The Morgan fingerprint density at radius 3 is 2.58 bits per heavy atom. The van der Waals surface area contributed by atoms with Gasteiger partial charge in [-0.05, 0) is 21.0 Å². The van der Waals surface area contributed by atoms with Crippen LogP contribution in [0.3, 0.4) is 0 Å². The number of aromatic nitrogens is 2. The maximum atomic E-state index is 5.08. The Bertz CT molecular complexity index is 244. The minimum atomic E-state index is 0.192. The SMILES string of the molecule is CCc1noc([C@H](C)N(C)C)n1. The molecule has 0 fully saturated rings. The predicted octanol–water partition coefficient (Wildman–Crippen LogP) is 1.25. The minimum Gasteiger partial charge on any atom is -0.338 e. The number of hydrogen-bond acceptors (Lipinski definition) is 4. The quantitative estimate of drug-likeness (QED) is 0.683. The molecule has 0 aliphatic heterocycles. The van der Waals surface area contributed by atoms with E-state index in [-0.39, 0.29) is 6.04 Å². The molecule has 0 saturated heterocycles. The van der Waals surface area contributed by atoms with Crippen LogP contribution in [0.15, 0.2) is 4.52 Å². The minimum absolute atomic E-state index is 0.192. The average molecular weight is 169 g/mol. The summed E-state index contributed by atoms with van der Waals surface area (Å²) in [5.41, 5.74) is 0. The third-order valence-electron chi connectivity index (χ3n) is 1.93. The molecule has 1 atom stereocenters. The van der Waals surface area contributed by atoms with Crippen LogP contribution in [-0.2, 0) is 6.42 Å². The van der Waals surface area contributed by atoms with Gasteiger partial charge in [0.2, 0.25) is 5.89 Å². The van der Waals surface area contributed by atoms with E-state index < -0.39 is 0 Å². The van der Waals surface area contributed by atoms with Crippen molar-refractivity contribution in [1.29, 1.82) is 0 Å². The van der Waals surface area contributed by atoms with Gasteiger partial charge in [-0.3, -0.25) is 4.90 Å². The summed E-state index contributed by atoms with van der Waals surface area (Å²) in [4.78, 5) is 6.27. The van der Waals surface area contributed by atoms with Crippen molar-refractivity contribution in [2.75, 3.05) is 14.1 Å². The first-order chi connectivity index (χ1) is 5.65. The Morgan fingerprint density at radius 2 is 2.17 bits per heavy atom. The lowest BCUT2D eigenvalue weighted by Gasteiger charge is -2.14. The predicted molar refractivity (Wildman–Crippen MR) is 45.8 cm³/mol. The molecule has 12 heavy (non-hydrogen) atoms. The van der Waals surface area contributed by atoms with Crippen LogP contribution in [0.2, 0.25) is 0 Å². The van der Waals surface area contributed by atoms with E-state index in [4.69, 9.17) is 4.52 Å². The summed E-state index contributed by atoms with van der Waals surface area (Å²) in [5.74, 6) is 1.47. The van der Waals surface area contributed by atoms with E-state index in [1.807, 2.05) is 32.8 Å². The Hall–Kier alpha value is -0.900. The molecule has 1 rings (SSSR count). The molecular formula is C8H15N3O. The highest BCUT2D eigenvalue weighted by Gasteiger charge is 2.14. The van der Waals surface area contributed by atoms with Crippen LogP contribution in [0.5, 0.6) is 0 Å². The number of rotatable bonds is 3. The average Bonchev–Trinajstić information content (AvgIpc) is 2.50. The van der Waals surface area contributed by atoms with Gasteiger partial charge in [0.15, 0.2) is 5.82 Å². The van der Waals surface area contributed by atoms with Gasteiger partial charge in [-0.25, -0.2) is 0 Å². The Morgan fingerprint density at radius 1 is 1.50 bits per heavy atom. The second kappa shape index (κ2) is 3.67. The maximum absolute atomic E-state index is 5.08. The lowest BCUT2D eigenvalue weighted by Crippen LogP contribution is -2.16. The summed E-state index contributed by atoms with van der Waals surface area (Å²) < 4.78 is 5.08. The van der Waals surface area contributed by atoms with Crippen molar-refractivity contribution in [3.05, 3.63) is 11.7 Å². The molecule has 0 saturated carbocycles. The van der Waals surface area contributed by atoms with Crippen molar-refractivity contribution < 1.29 is 4.52 Å². The van der Waals surface area contributed by atoms with E-state index in [0.29, 0.717) is 5.89 Å². The molecule has 0 aliphatic rings. The van der Waals surface area contributed by atoms with Crippen LogP contribution in [0.4, 0.5) is 0 Å². The molecule has 0 aliphatic carbocycles. The smallest absolute Gasteiger partial charge is 0.243 e. The molecule has 1 aromatic heterocycles. The Labute approximate surface area is 72.6 Å². The van der Waals surface area contributed by atoms with Crippen molar-refractivity contribution >= 4 is 0 Å². The largest absolute Gasteiger partial charge is 0.338 e. The van der Waals surface area contributed by atoms with E-state index in [0.717, 1.165) is 12.2 Å². The third-order valence-corrected chi connectivity index (χ3v) is 1.93. The fraction of sp³-hybridized carbons (Fsp3) is 0.750. The van der Waals surface area contributed by atoms with Crippen molar-refractivity contribution in [2.45, 2.75) is 26.3 Å². The van der Waals surface area contributed by atoms with Gasteiger partial charge in [0.1, 0.15) is 0 Å². The summed E-state index contributed by atoms with van der Waals surface area (Å²) in [6, 6.07) is 0.192. The van der Waals surface area contributed by atoms with Gasteiger partial charge in [0, 0.05) is 6.42 Å². The van der Waals surface area contributed by atoms with Gasteiger partial charge in [-0.1, -0.05) is 12.1 Å². The maximum Gasteiger partial charge on any atom is 0.243 e. The van der Waals surface area contributed by atoms with E-state index in [1.165, 1.54) is 0 Å². The zero-order valence-electron chi connectivity index (χ0n) is 8.03. The second-order valence-corrected chi connectivity index (χ2v) is 3.04. The summed E-state index contributed by atoms with van der Waals surface area (Å²) in [6.45, 7) is 4.04. The van der Waals surface area contributed by atoms with E-state index in [2.05, 4.69) is 10.1 Å². The first kappa shape index (κ1) is 9.19. The molecule has 0 radical (unpaired) electrons. The lowest BCUT2D eigenvalue weighted by atomic mass is 10.3. The van der Waals surface area contributed by atoms with Crippen LogP contribution in [-0.4, -0.2) is 29.1 Å². The molecule has 1 heterocycles. The number of hydrogen-bond donors (Lipinski definition) is 0. The monoisotopic (exact) mass is 169 g/mol. The Kier molecular flexibility index (Phi) is 2.81. The zero-order valence-corrected chi connectivity index (χ0v) is 8.03. The van der Waals surface area contributed by atoms with Gasteiger partial charge in [0.25, 0.3) is 0 Å². The van der Waals surface area contributed by atoms with Crippen LogP contribution >= 0.6 is 0 Å². The first-order valence-corrected chi connectivity index (χ1v) is 4.14. The molecule has 68 valence electrons. The number of aryl methyl sites for hydroxylation is 1. The van der Waals surface area contributed by atoms with Crippen LogP contribution in [0.25, 0.3) is 0 Å². The normalized spacial score (nSPS) is 13.8. The van der Waals surface area contributed by atoms with Gasteiger partial charge < -0.3 is 4.52 Å². The van der Waals surface area contributed by atoms with E-state index >= 15 is 0 Å². The van der Waals surface area contributed by atoms with Crippen LogP contribution in [0.1, 0.15) is 31.6 Å². The van der Waals surface area contributed by atoms with Crippen LogP contribution < -0.4 is 0 Å². The standard InChI is InChI=1S/C8H15N3O/c1-5-7-9-8(12-10-7)6(2)11(3)4/h6H,5H2,1-4H3/t6-/m0/s1. The third kappa shape index (κ3) is 1.82. The molecule has 0 bridgehead atoms. The van der Waals surface area contributed by atoms with Crippen molar-refractivity contribution in [3.63, 3.8) is 0 Å². The molecule has 1 aromatic rings. The summed E-state index contributed by atoms with van der Waals surface area (Å²) in [6.07, 6.45) is 0.823. The van der Waals surface area contributed by atoms with Gasteiger partial charge in [-0.15, -0.1) is 0 Å². The highest BCUT2D eigenvalue weighted by molar-refractivity contribution is 4.90. The molecule has 0 unspecified atom stereocenters. The highest BCUT2D eigenvalue weighted by atomic mass is 16.5. The molecule has 0 N–H and O–H groups in total. The first-order valence-electron chi connectivity index (χ1n) is 4.14. The van der Waals surface area contributed by atoms with E-state index in [9.17, 15) is 0 Å². The number of nitrogens with zero attached hydrogens (tertiary/aromatic N) is 3. The van der Waals surface area contributed by atoms with Crippen molar-refractivity contribution in [2.24, 2.45) is 0 Å². The van der Waals surface area contributed by atoms with Gasteiger partial charge in [0.05, 0.1) is 6.04 Å². The Balaban J connectivity index is 2.74. The molecule has 0 amide bonds. The molecule has 4 heteroatoms. The van der Waals surface area contributed by atoms with E-state index in [1.54, 1.807) is 0 Å². The zero-order chi connectivity index (χ0) is 9.14. The van der Waals surface area contributed by atoms with Crippen molar-refractivity contribution in [3.8, 4) is 0 Å². The summed E-state index contributed by atoms with van der Waals surface area (Å²) >= 11 is 0. The fourth-order valence-electron chi connectivity index (χ4n) is 0.802. The van der Waals surface area contributed by atoms with Crippen LogP contribution in [0, 0.1) is 0 Å².